The number of hydroxylamine groups is 1. The predicted molar refractivity (Wildman–Crippen MR) is 139 cm³/mol. The molecule has 0 aromatic heterocycles. The summed E-state index contributed by atoms with van der Waals surface area (Å²) in [7, 11) is 0. The monoisotopic (exact) mass is 560 g/mol. The average molecular weight is 561 g/mol. The maximum absolute atomic E-state index is 13.2. The molecule has 0 bridgehead atoms. The Kier molecular flexibility index (Phi) is 9.63. The molecule has 2 aliphatic rings. The quantitative estimate of drug-likeness (QED) is 0.337. The van der Waals surface area contributed by atoms with Crippen LogP contribution in [-0.2, 0) is 16.1 Å². The summed E-state index contributed by atoms with van der Waals surface area (Å²) in [5.41, 5.74) is 1.03. The molecule has 0 saturated heterocycles. The molecule has 2 N–H and O–H groups in total. The lowest BCUT2D eigenvalue weighted by Gasteiger charge is -2.38. The number of carbonyl (C=O) groups is 2. The van der Waals surface area contributed by atoms with E-state index in [9.17, 15) is 27.2 Å². The number of benzene rings is 2. The summed E-state index contributed by atoms with van der Waals surface area (Å²) in [6.45, 7) is 0. The first kappa shape index (κ1) is 29.3. The van der Waals surface area contributed by atoms with Crippen LogP contribution in [0, 0.1) is 23.1 Å². The predicted octanol–water partition coefficient (Wildman–Crippen LogP) is 5.94. The van der Waals surface area contributed by atoms with Crippen LogP contribution in [0.5, 0.6) is 0 Å². The van der Waals surface area contributed by atoms with Crippen LogP contribution in [0.15, 0.2) is 48.5 Å². The third-order valence-corrected chi connectivity index (χ3v) is 7.61. The fourth-order valence-corrected chi connectivity index (χ4v) is 5.56. The van der Waals surface area contributed by atoms with E-state index < -0.39 is 18.2 Å². The lowest BCUT2D eigenvalue weighted by molar-refractivity contribution is -0.199. The number of rotatable bonds is 6. The number of halogens is 4. The van der Waals surface area contributed by atoms with Gasteiger partial charge in [0.15, 0.2) is 0 Å². The minimum absolute atomic E-state index is 0.0885. The summed E-state index contributed by atoms with van der Waals surface area (Å²) in [5.74, 6) is -2.28. The van der Waals surface area contributed by atoms with Crippen molar-refractivity contribution in [3.05, 3.63) is 65.5 Å². The zero-order chi connectivity index (χ0) is 28.7. The van der Waals surface area contributed by atoms with Gasteiger partial charge in [0.25, 0.3) is 0 Å². The van der Waals surface area contributed by atoms with Crippen LogP contribution in [0.1, 0.15) is 62.5 Å². The summed E-state index contributed by atoms with van der Waals surface area (Å²) < 4.78 is 52.1. The van der Waals surface area contributed by atoms with Crippen LogP contribution >= 0.6 is 0 Å². The van der Waals surface area contributed by atoms with E-state index in [0.717, 1.165) is 56.9 Å². The van der Waals surface area contributed by atoms with E-state index in [2.05, 4.69) is 15.5 Å². The van der Waals surface area contributed by atoms with Crippen LogP contribution in [0.3, 0.4) is 0 Å². The molecule has 4 rings (SSSR count). The molecule has 2 saturated carbocycles. The number of hydrogen-bond donors (Lipinski definition) is 2. The molecule has 2 aromatic carbocycles. The van der Waals surface area contributed by atoms with Crippen molar-refractivity contribution in [2.45, 2.75) is 82.1 Å². The number of carbonyl (C=O) groups excluding carboxylic acids is 2. The molecule has 2 atom stereocenters. The first-order chi connectivity index (χ1) is 19.1. The Balaban J connectivity index is 1.38. The van der Waals surface area contributed by atoms with Crippen molar-refractivity contribution in [2.75, 3.05) is 5.06 Å². The second kappa shape index (κ2) is 13.1. The molecule has 0 aliphatic heterocycles. The van der Waals surface area contributed by atoms with Crippen molar-refractivity contribution in [1.29, 1.82) is 5.26 Å². The zero-order valence-electron chi connectivity index (χ0n) is 21.9. The number of nitrogens with one attached hydrogen (secondary N) is 2. The van der Waals surface area contributed by atoms with E-state index in [1.807, 2.05) is 18.2 Å². The average Bonchev–Trinajstić information content (AvgIpc) is 2.94. The van der Waals surface area contributed by atoms with Crippen molar-refractivity contribution in [3.63, 3.8) is 0 Å². The van der Waals surface area contributed by atoms with Crippen molar-refractivity contribution >= 4 is 17.7 Å². The fourth-order valence-electron chi connectivity index (χ4n) is 5.56. The van der Waals surface area contributed by atoms with Crippen molar-refractivity contribution < 1.29 is 32.0 Å². The first-order valence-electron chi connectivity index (χ1n) is 13.5. The van der Waals surface area contributed by atoms with Gasteiger partial charge in [-0.25, -0.2) is 14.0 Å². The van der Waals surface area contributed by atoms with Gasteiger partial charge in [-0.2, -0.15) is 18.4 Å². The highest BCUT2D eigenvalue weighted by atomic mass is 19.4. The summed E-state index contributed by atoms with van der Waals surface area (Å²) in [6, 6.07) is 12.4. The smallest absolute Gasteiger partial charge is 0.331 e. The molecule has 2 aromatic rings. The van der Waals surface area contributed by atoms with Crippen LogP contribution in [-0.4, -0.2) is 36.3 Å². The van der Waals surface area contributed by atoms with Gasteiger partial charge in [-0.1, -0.05) is 31.0 Å². The van der Waals surface area contributed by atoms with Gasteiger partial charge in [-0.3, -0.25) is 0 Å². The lowest BCUT2D eigenvalue weighted by atomic mass is 9.81. The van der Waals surface area contributed by atoms with Gasteiger partial charge < -0.3 is 15.5 Å². The Morgan fingerprint density at radius 3 is 2.30 bits per heavy atom. The molecule has 11 heteroatoms. The maximum atomic E-state index is 13.2. The molecular weight excluding hydrogens is 528 g/mol. The van der Waals surface area contributed by atoms with E-state index in [-0.39, 0.29) is 40.3 Å². The van der Waals surface area contributed by atoms with Crippen molar-refractivity contribution in [1.82, 2.24) is 10.6 Å². The summed E-state index contributed by atoms with van der Waals surface area (Å²) in [6.07, 6.45) is 2.67. The Morgan fingerprint density at radius 2 is 1.65 bits per heavy atom. The van der Waals surface area contributed by atoms with Crippen LogP contribution in [0.4, 0.5) is 28.0 Å². The Bertz CT molecular complexity index is 1210. The van der Waals surface area contributed by atoms with Gasteiger partial charge >= 0.3 is 18.2 Å². The number of amides is 2. The molecule has 0 heterocycles. The van der Waals surface area contributed by atoms with E-state index in [1.54, 1.807) is 0 Å². The molecule has 40 heavy (non-hydrogen) atoms. The number of urea groups is 1. The molecular formula is C29H32F4N4O3. The molecule has 7 nitrogen and oxygen atoms in total. The minimum Gasteiger partial charge on any atom is -0.331 e. The molecule has 0 spiro atoms. The second-order valence-electron chi connectivity index (χ2n) is 10.5. The summed E-state index contributed by atoms with van der Waals surface area (Å²) >= 11 is 0. The van der Waals surface area contributed by atoms with Crippen molar-refractivity contribution in [3.8, 4) is 6.07 Å². The van der Waals surface area contributed by atoms with Gasteiger partial charge in [0, 0.05) is 18.1 Å². The third kappa shape index (κ3) is 7.94. The summed E-state index contributed by atoms with van der Waals surface area (Å²) in [4.78, 5) is 29.3. The number of nitriles is 1. The number of hydrogen-bond acceptors (Lipinski definition) is 5. The number of nitrogens with zero attached hydrogens (tertiary/aromatic N) is 2. The fraction of sp³-hybridized carbons (Fsp3) is 0.483. The van der Waals surface area contributed by atoms with Crippen LogP contribution < -0.4 is 15.7 Å². The largest absolute Gasteiger partial charge is 0.493 e. The van der Waals surface area contributed by atoms with E-state index in [0.29, 0.717) is 12.3 Å². The van der Waals surface area contributed by atoms with Gasteiger partial charge in [0.1, 0.15) is 5.82 Å². The number of alkyl halides is 3. The summed E-state index contributed by atoms with van der Waals surface area (Å²) in [5, 5.41) is 15.9. The molecule has 0 radical (unpaired) electrons. The molecule has 2 aliphatic carbocycles. The van der Waals surface area contributed by atoms with E-state index in [1.165, 1.54) is 36.4 Å². The normalized spacial score (nSPS) is 23.1. The Morgan fingerprint density at radius 1 is 0.975 bits per heavy atom. The number of anilines is 1. The SMILES string of the molecule is N#Cc1cccc(N(OC(=O)C(F)(F)F)C(=O)N[C@@H]2CCCC[C@H]2NC2CCC(Cc3ccc(F)cc3)CC2)c1. The highest BCUT2D eigenvalue weighted by Crippen LogP contribution is 2.30. The van der Waals surface area contributed by atoms with Crippen molar-refractivity contribution in [2.24, 2.45) is 5.92 Å². The zero-order valence-corrected chi connectivity index (χ0v) is 21.9. The molecule has 2 amide bonds. The van der Waals surface area contributed by atoms with Crippen LogP contribution in [0.2, 0.25) is 0 Å². The maximum Gasteiger partial charge on any atom is 0.493 e. The minimum atomic E-state index is -5.31. The van der Waals surface area contributed by atoms with Gasteiger partial charge in [0.2, 0.25) is 0 Å². The second-order valence-corrected chi connectivity index (χ2v) is 10.5. The standard InChI is InChI=1S/C29H32F4N4O3/c30-22-12-8-19(9-13-22)16-20-10-14-23(15-11-20)35-25-6-1-2-7-26(25)36-28(39)37(40-27(38)29(31,32)33)24-5-3-4-21(17-24)18-34/h3-5,8-9,12-13,17,20,23,25-26,35H,1-2,6-7,10-11,14-16H2,(H,36,39)/t20?,23?,25-,26-/m1/s1. The molecule has 2 fully saturated rings. The third-order valence-electron chi connectivity index (χ3n) is 7.61. The lowest BCUT2D eigenvalue weighted by Crippen LogP contribution is -2.57. The topological polar surface area (TPSA) is 94.5 Å². The molecule has 214 valence electrons. The highest BCUT2D eigenvalue weighted by molar-refractivity contribution is 5.93. The van der Waals surface area contributed by atoms with E-state index >= 15 is 0 Å². The van der Waals surface area contributed by atoms with Crippen LogP contribution in [0.25, 0.3) is 0 Å². The van der Waals surface area contributed by atoms with E-state index in [4.69, 9.17) is 5.26 Å². The molecule has 0 unspecified atom stereocenters. The Labute approximate surface area is 230 Å². The van der Waals surface area contributed by atoms with Gasteiger partial charge in [-0.15, -0.1) is 5.06 Å². The van der Waals surface area contributed by atoms with Gasteiger partial charge in [-0.05, 0) is 86.8 Å². The highest BCUT2D eigenvalue weighted by Gasteiger charge is 2.44. The van der Waals surface area contributed by atoms with Gasteiger partial charge in [0.05, 0.1) is 17.3 Å². The Hall–Kier alpha value is -3.65. The first-order valence-corrected chi connectivity index (χ1v) is 13.5.